The Labute approximate surface area is 176 Å². The zero-order valence-electron chi connectivity index (χ0n) is 15.7. The standard InChI is InChI=1S/C19H19N3O5S2/c1-4-8-21(9-5-2)17(23)11-27-18(24)15-10-14(22(25)26)6-7-16(15)29-19-20-13(3)12-28-19/h4-7,10,12H,1-2,8-9,11H2,3H3. The van der Waals surface area contributed by atoms with E-state index >= 15 is 0 Å². The average Bonchev–Trinajstić information content (AvgIpc) is 3.10. The molecule has 1 amide bonds. The Hall–Kier alpha value is -2.98. The third kappa shape index (κ3) is 6.26. The van der Waals surface area contributed by atoms with Crippen molar-refractivity contribution in [2.45, 2.75) is 16.2 Å². The Morgan fingerprint density at radius 1 is 1.34 bits per heavy atom. The predicted octanol–water partition coefficient (Wildman–Crippen LogP) is 3.87. The number of thiazole rings is 1. The lowest BCUT2D eigenvalue weighted by Crippen LogP contribution is -2.35. The summed E-state index contributed by atoms with van der Waals surface area (Å²) < 4.78 is 5.81. The Morgan fingerprint density at radius 3 is 2.59 bits per heavy atom. The highest BCUT2D eigenvalue weighted by atomic mass is 32.2. The fourth-order valence-corrected chi connectivity index (χ4v) is 4.13. The Morgan fingerprint density at radius 2 is 2.03 bits per heavy atom. The van der Waals surface area contributed by atoms with Crippen LogP contribution < -0.4 is 0 Å². The number of aryl methyl sites for hydroxylation is 1. The van der Waals surface area contributed by atoms with E-state index in [-0.39, 0.29) is 24.3 Å². The van der Waals surface area contributed by atoms with Gasteiger partial charge in [-0.2, -0.15) is 0 Å². The molecule has 10 heteroatoms. The van der Waals surface area contributed by atoms with E-state index in [4.69, 9.17) is 4.74 Å². The second kappa shape index (κ2) is 10.5. The topological polar surface area (TPSA) is 103 Å². The van der Waals surface area contributed by atoms with Gasteiger partial charge in [-0.25, -0.2) is 9.78 Å². The number of carbonyl (C=O) groups excluding carboxylic acids is 2. The van der Waals surface area contributed by atoms with Crippen LogP contribution in [0.25, 0.3) is 0 Å². The fraction of sp³-hybridized carbons (Fsp3) is 0.211. The van der Waals surface area contributed by atoms with Crippen LogP contribution in [-0.4, -0.2) is 46.4 Å². The maximum absolute atomic E-state index is 12.6. The minimum atomic E-state index is -0.824. The second-order valence-corrected chi connectivity index (χ2v) is 7.89. The molecule has 0 aliphatic carbocycles. The number of esters is 1. The fourth-order valence-electron chi connectivity index (χ4n) is 2.24. The molecule has 152 valence electrons. The number of benzene rings is 1. The molecule has 0 aliphatic heterocycles. The maximum Gasteiger partial charge on any atom is 0.340 e. The summed E-state index contributed by atoms with van der Waals surface area (Å²) >= 11 is 2.60. The molecule has 0 spiro atoms. The van der Waals surface area contributed by atoms with Crippen LogP contribution in [0.15, 0.2) is 58.1 Å². The van der Waals surface area contributed by atoms with Gasteiger partial charge in [-0.15, -0.1) is 24.5 Å². The van der Waals surface area contributed by atoms with Crippen molar-refractivity contribution in [1.29, 1.82) is 0 Å². The molecular formula is C19H19N3O5S2. The zero-order chi connectivity index (χ0) is 21.4. The molecule has 8 nitrogen and oxygen atoms in total. The first-order valence-corrected chi connectivity index (χ1v) is 10.1. The summed E-state index contributed by atoms with van der Waals surface area (Å²) in [5, 5.41) is 13.0. The Bertz CT molecular complexity index is 932. The largest absolute Gasteiger partial charge is 0.452 e. The summed E-state index contributed by atoms with van der Waals surface area (Å²) in [6, 6.07) is 3.92. The highest BCUT2D eigenvalue weighted by Crippen LogP contribution is 2.34. The van der Waals surface area contributed by atoms with E-state index in [0.29, 0.717) is 9.24 Å². The molecule has 1 heterocycles. The number of rotatable bonds is 10. The van der Waals surface area contributed by atoms with Crippen LogP contribution in [0.3, 0.4) is 0 Å². The first-order chi connectivity index (χ1) is 13.8. The SMILES string of the molecule is C=CCN(CC=C)C(=O)COC(=O)c1cc([N+](=O)[O-])ccc1Sc1nc(C)cs1. The lowest BCUT2D eigenvalue weighted by molar-refractivity contribution is -0.384. The summed E-state index contributed by atoms with van der Waals surface area (Å²) in [7, 11) is 0. The van der Waals surface area contributed by atoms with Crippen molar-refractivity contribution in [1.82, 2.24) is 9.88 Å². The first kappa shape index (κ1) is 22.3. The first-order valence-electron chi connectivity index (χ1n) is 8.40. The lowest BCUT2D eigenvalue weighted by atomic mass is 10.2. The van der Waals surface area contributed by atoms with Crippen LogP contribution in [0.2, 0.25) is 0 Å². The molecule has 2 aromatic rings. The van der Waals surface area contributed by atoms with Crippen LogP contribution in [0, 0.1) is 17.0 Å². The number of ether oxygens (including phenoxy) is 1. The molecule has 1 aromatic heterocycles. The molecule has 0 saturated carbocycles. The summed E-state index contributed by atoms with van der Waals surface area (Å²) in [4.78, 5) is 41.5. The molecule has 0 bridgehead atoms. The predicted molar refractivity (Wildman–Crippen MR) is 111 cm³/mol. The van der Waals surface area contributed by atoms with Crippen LogP contribution in [0.1, 0.15) is 16.1 Å². The van der Waals surface area contributed by atoms with Gasteiger partial charge in [0, 0.05) is 41.2 Å². The highest BCUT2D eigenvalue weighted by molar-refractivity contribution is 8.01. The molecule has 2 rings (SSSR count). The van der Waals surface area contributed by atoms with Crippen molar-refractivity contribution in [3.05, 3.63) is 70.3 Å². The van der Waals surface area contributed by atoms with Gasteiger partial charge in [0.05, 0.1) is 10.5 Å². The molecule has 29 heavy (non-hydrogen) atoms. The number of nitro groups is 1. The molecule has 0 atom stereocenters. The number of hydrogen-bond donors (Lipinski definition) is 0. The molecule has 0 radical (unpaired) electrons. The Balaban J connectivity index is 2.20. The number of nitrogens with zero attached hydrogens (tertiary/aromatic N) is 3. The Kier molecular flexibility index (Phi) is 8.10. The van der Waals surface area contributed by atoms with Crippen molar-refractivity contribution in [2.24, 2.45) is 0 Å². The maximum atomic E-state index is 12.6. The van der Waals surface area contributed by atoms with Crippen molar-refractivity contribution in [3.8, 4) is 0 Å². The zero-order valence-corrected chi connectivity index (χ0v) is 17.3. The van der Waals surface area contributed by atoms with Crippen molar-refractivity contribution in [2.75, 3.05) is 19.7 Å². The number of non-ortho nitro benzene ring substituents is 1. The third-order valence-electron chi connectivity index (χ3n) is 3.57. The molecular weight excluding hydrogens is 414 g/mol. The number of hydrogen-bond acceptors (Lipinski definition) is 8. The average molecular weight is 434 g/mol. The van der Waals surface area contributed by atoms with Crippen LogP contribution in [0.4, 0.5) is 5.69 Å². The minimum absolute atomic E-state index is 0.00356. The van der Waals surface area contributed by atoms with Gasteiger partial charge < -0.3 is 9.64 Å². The van der Waals surface area contributed by atoms with Gasteiger partial charge in [0.2, 0.25) is 0 Å². The summed E-state index contributed by atoms with van der Waals surface area (Å²) in [6.07, 6.45) is 3.10. The number of amides is 1. The minimum Gasteiger partial charge on any atom is -0.452 e. The van der Waals surface area contributed by atoms with E-state index in [2.05, 4.69) is 18.1 Å². The van der Waals surface area contributed by atoms with Crippen molar-refractivity contribution in [3.63, 3.8) is 0 Å². The van der Waals surface area contributed by atoms with Crippen molar-refractivity contribution < 1.29 is 19.2 Å². The van der Waals surface area contributed by atoms with Gasteiger partial charge in [-0.1, -0.05) is 23.9 Å². The summed E-state index contributed by atoms with van der Waals surface area (Å²) in [5.41, 5.74) is 0.588. The van der Waals surface area contributed by atoms with Crippen LogP contribution in [0.5, 0.6) is 0 Å². The molecule has 0 saturated heterocycles. The van der Waals surface area contributed by atoms with Crippen LogP contribution in [-0.2, 0) is 9.53 Å². The van der Waals surface area contributed by atoms with E-state index in [1.165, 1.54) is 40.1 Å². The summed E-state index contributed by atoms with van der Waals surface area (Å²) in [6.45, 7) is 9.07. The van der Waals surface area contributed by atoms with Gasteiger partial charge >= 0.3 is 5.97 Å². The van der Waals surface area contributed by atoms with E-state index in [1.807, 2.05) is 12.3 Å². The number of nitro benzene ring substituents is 1. The van der Waals surface area contributed by atoms with Gasteiger partial charge in [0.1, 0.15) is 0 Å². The van der Waals surface area contributed by atoms with E-state index < -0.39 is 23.4 Å². The van der Waals surface area contributed by atoms with E-state index in [9.17, 15) is 19.7 Å². The number of aromatic nitrogens is 1. The van der Waals surface area contributed by atoms with E-state index in [1.54, 1.807) is 12.2 Å². The molecule has 0 aliphatic rings. The third-order valence-corrected chi connectivity index (χ3v) is 5.70. The molecule has 0 fully saturated rings. The molecule has 0 N–H and O–H groups in total. The van der Waals surface area contributed by atoms with Crippen LogP contribution >= 0.6 is 23.1 Å². The lowest BCUT2D eigenvalue weighted by Gasteiger charge is -2.19. The number of carbonyl (C=O) groups is 2. The quantitative estimate of drug-likeness (QED) is 0.242. The second-order valence-electron chi connectivity index (χ2n) is 5.75. The summed E-state index contributed by atoms with van der Waals surface area (Å²) in [5.74, 6) is -1.25. The molecule has 0 unspecified atom stereocenters. The van der Waals surface area contributed by atoms with Gasteiger partial charge in [-0.3, -0.25) is 14.9 Å². The van der Waals surface area contributed by atoms with Gasteiger partial charge in [0.25, 0.3) is 11.6 Å². The smallest absolute Gasteiger partial charge is 0.340 e. The van der Waals surface area contributed by atoms with Gasteiger partial charge in [-0.05, 0) is 13.0 Å². The van der Waals surface area contributed by atoms with Crippen molar-refractivity contribution >= 4 is 40.7 Å². The monoisotopic (exact) mass is 433 g/mol. The molecule has 1 aromatic carbocycles. The normalized spacial score (nSPS) is 10.2. The van der Waals surface area contributed by atoms with E-state index in [0.717, 1.165) is 11.8 Å². The van der Waals surface area contributed by atoms with Gasteiger partial charge in [0.15, 0.2) is 10.9 Å². The highest BCUT2D eigenvalue weighted by Gasteiger charge is 2.21.